The highest BCUT2D eigenvalue weighted by molar-refractivity contribution is 6.04. The number of anilines is 2. The molecule has 0 unspecified atom stereocenters. The summed E-state index contributed by atoms with van der Waals surface area (Å²) in [6.45, 7) is 2.62. The van der Waals surface area contributed by atoms with E-state index in [0.717, 1.165) is 17.7 Å². The van der Waals surface area contributed by atoms with Crippen molar-refractivity contribution in [2.45, 2.75) is 13.5 Å². The number of pyridine rings is 1. The molecule has 0 saturated heterocycles. The highest BCUT2D eigenvalue weighted by Gasteiger charge is 2.10. The Morgan fingerprint density at radius 1 is 1.00 bits per heavy atom. The lowest BCUT2D eigenvalue weighted by molar-refractivity contribution is 0.102. The van der Waals surface area contributed by atoms with Crippen LogP contribution in [0.5, 0.6) is 0 Å². The average Bonchev–Trinajstić information content (AvgIpc) is 2.63. The average molecular weight is 353 g/mol. The van der Waals surface area contributed by atoms with E-state index in [1.54, 1.807) is 12.3 Å². The van der Waals surface area contributed by atoms with Crippen molar-refractivity contribution in [2.24, 2.45) is 0 Å². The fourth-order valence-corrected chi connectivity index (χ4v) is 2.46. The molecular weight excluding hydrogens is 336 g/mol. The number of halogens is 2. The van der Waals surface area contributed by atoms with Crippen LogP contribution < -0.4 is 10.6 Å². The molecule has 132 valence electrons. The number of nitrogens with zero attached hydrogens (tertiary/aromatic N) is 1. The molecule has 1 aromatic heterocycles. The Kier molecular flexibility index (Phi) is 5.22. The van der Waals surface area contributed by atoms with Crippen LogP contribution >= 0.6 is 0 Å². The van der Waals surface area contributed by atoms with Gasteiger partial charge in [-0.3, -0.25) is 9.78 Å². The van der Waals surface area contributed by atoms with Crippen molar-refractivity contribution < 1.29 is 13.6 Å². The Morgan fingerprint density at radius 3 is 2.62 bits per heavy atom. The van der Waals surface area contributed by atoms with E-state index >= 15 is 0 Å². The third kappa shape index (κ3) is 4.42. The largest absolute Gasteiger partial charge is 0.380 e. The molecule has 0 radical (unpaired) electrons. The Hall–Kier alpha value is -3.28. The van der Waals surface area contributed by atoms with Crippen molar-refractivity contribution in [3.63, 3.8) is 0 Å². The molecule has 4 nitrogen and oxygen atoms in total. The van der Waals surface area contributed by atoms with E-state index < -0.39 is 17.5 Å². The number of aromatic nitrogens is 1. The Balaban J connectivity index is 1.67. The lowest BCUT2D eigenvalue weighted by Crippen LogP contribution is -2.13. The van der Waals surface area contributed by atoms with Crippen LogP contribution in [0.3, 0.4) is 0 Å². The summed E-state index contributed by atoms with van der Waals surface area (Å²) in [7, 11) is 0. The van der Waals surface area contributed by atoms with Crippen molar-refractivity contribution in [2.75, 3.05) is 10.6 Å². The van der Waals surface area contributed by atoms with Gasteiger partial charge in [0.05, 0.1) is 11.3 Å². The fraction of sp³-hybridized carbons (Fsp3) is 0.100. The van der Waals surface area contributed by atoms with Gasteiger partial charge in [0.15, 0.2) is 11.6 Å². The van der Waals surface area contributed by atoms with Gasteiger partial charge in [-0.15, -0.1) is 0 Å². The number of nitrogens with one attached hydrogen (secondary N) is 2. The topological polar surface area (TPSA) is 54.0 Å². The Bertz CT molecular complexity index is 944. The Labute approximate surface area is 149 Å². The molecule has 0 bridgehead atoms. The molecule has 3 aromatic rings. The second-order valence-electron chi connectivity index (χ2n) is 5.89. The summed E-state index contributed by atoms with van der Waals surface area (Å²) >= 11 is 0. The van der Waals surface area contributed by atoms with Gasteiger partial charge in [-0.05, 0) is 30.7 Å². The van der Waals surface area contributed by atoms with Gasteiger partial charge < -0.3 is 10.6 Å². The van der Waals surface area contributed by atoms with E-state index in [4.69, 9.17) is 0 Å². The first-order valence-electron chi connectivity index (χ1n) is 8.02. The van der Waals surface area contributed by atoms with Gasteiger partial charge in [-0.25, -0.2) is 8.78 Å². The number of aryl methyl sites for hydroxylation is 1. The smallest absolute Gasteiger partial charge is 0.257 e. The maximum atomic E-state index is 13.2. The molecule has 1 amide bonds. The summed E-state index contributed by atoms with van der Waals surface area (Å²) in [4.78, 5) is 16.3. The highest BCUT2D eigenvalue weighted by Crippen LogP contribution is 2.16. The minimum atomic E-state index is -1.02. The number of hydrogen-bond donors (Lipinski definition) is 2. The van der Waals surface area contributed by atoms with E-state index in [9.17, 15) is 13.6 Å². The molecule has 2 N–H and O–H groups in total. The molecule has 0 aliphatic rings. The Morgan fingerprint density at radius 2 is 1.85 bits per heavy atom. The van der Waals surface area contributed by atoms with Crippen LogP contribution in [0.25, 0.3) is 0 Å². The van der Waals surface area contributed by atoms with Crippen LogP contribution in [0.15, 0.2) is 60.9 Å². The van der Waals surface area contributed by atoms with Crippen molar-refractivity contribution in [1.82, 2.24) is 4.98 Å². The minimum absolute atomic E-state index is 0.173. The van der Waals surface area contributed by atoms with E-state index in [0.29, 0.717) is 17.8 Å². The molecule has 3 rings (SSSR count). The SMILES string of the molecule is Cc1cccc(CNc2cncc(C(=O)Nc3ccc(F)c(F)c3)c2)c1. The van der Waals surface area contributed by atoms with Crippen molar-refractivity contribution in [3.8, 4) is 0 Å². The normalized spacial score (nSPS) is 10.4. The van der Waals surface area contributed by atoms with E-state index in [2.05, 4.69) is 21.7 Å². The molecule has 6 heteroatoms. The number of rotatable bonds is 5. The van der Waals surface area contributed by atoms with E-state index in [1.165, 1.54) is 17.8 Å². The summed E-state index contributed by atoms with van der Waals surface area (Å²) in [6, 6.07) is 12.9. The van der Waals surface area contributed by atoms with Gasteiger partial charge in [-0.1, -0.05) is 29.8 Å². The van der Waals surface area contributed by atoms with Gasteiger partial charge in [0.2, 0.25) is 0 Å². The maximum Gasteiger partial charge on any atom is 0.257 e. The molecule has 0 saturated carbocycles. The minimum Gasteiger partial charge on any atom is -0.380 e. The maximum absolute atomic E-state index is 13.2. The molecule has 0 spiro atoms. The van der Waals surface area contributed by atoms with E-state index in [1.807, 2.05) is 25.1 Å². The zero-order chi connectivity index (χ0) is 18.5. The zero-order valence-corrected chi connectivity index (χ0v) is 14.1. The molecule has 2 aromatic carbocycles. The predicted molar refractivity (Wildman–Crippen MR) is 97.1 cm³/mol. The first-order valence-corrected chi connectivity index (χ1v) is 8.02. The predicted octanol–water partition coefficient (Wildman–Crippen LogP) is 4.53. The van der Waals surface area contributed by atoms with Crippen LogP contribution in [0, 0.1) is 18.6 Å². The number of carbonyl (C=O) groups is 1. The first-order chi connectivity index (χ1) is 12.5. The summed E-state index contributed by atoms with van der Waals surface area (Å²) in [5, 5.41) is 5.73. The summed E-state index contributed by atoms with van der Waals surface area (Å²) in [5.41, 5.74) is 3.45. The van der Waals surface area contributed by atoms with Gasteiger partial charge in [-0.2, -0.15) is 0 Å². The third-order valence-electron chi connectivity index (χ3n) is 3.76. The molecule has 0 atom stereocenters. The molecular formula is C20H17F2N3O. The third-order valence-corrected chi connectivity index (χ3v) is 3.76. The molecule has 1 heterocycles. The second kappa shape index (κ2) is 7.74. The fourth-order valence-electron chi connectivity index (χ4n) is 2.46. The van der Waals surface area contributed by atoms with Crippen molar-refractivity contribution >= 4 is 17.3 Å². The van der Waals surface area contributed by atoms with Gasteiger partial charge in [0, 0.05) is 30.7 Å². The van der Waals surface area contributed by atoms with Crippen LogP contribution in [0.4, 0.5) is 20.2 Å². The molecule has 0 aliphatic carbocycles. The number of benzene rings is 2. The zero-order valence-electron chi connectivity index (χ0n) is 14.1. The number of amides is 1. The highest BCUT2D eigenvalue weighted by atomic mass is 19.2. The quantitative estimate of drug-likeness (QED) is 0.708. The molecule has 26 heavy (non-hydrogen) atoms. The van der Waals surface area contributed by atoms with Crippen molar-refractivity contribution in [1.29, 1.82) is 0 Å². The van der Waals surface area contributed by atoms with Crippen LogP contribution in [0.2, 0.25) is 0 Å². The van der Waals surface area contributed by atoms with Crippen LogP contribution in [-0.2, 0) is 6.54 Å². The summed E-state index contributed by atoms with van der Waals surface area (Å²) in [5.74, 6) is -2.44. The molecule has 0 aliphatic heterocycles. The standard InChI is InChI=1S/C20H17F2N3O/c1-13-3-2-4-14(7-13)10-24-17-8-15(11-23-12-17)20(26)25-16-5-6-18(21)19(22)9-16/h2-9,11-12,24H,10H2,1H3,(H,25,26). The van der Waals surface area contributed by atoms with Crippen molar-refractivity contribution in [3.05, 3.63) is 89.2 Å². The van der Waals surface area contributed by atoms with Gasteiger partial charge >= 0.3 is 0 Å². The lowest BCUT2D eigenvalue weighted by atomic mass is 10.1. The number of carbonyl (C=O) groups excluding carboxylic acids is 1. The monoisotopic (exact) mass is 353 g/mol. The van der Waals surface area contributed by atoms with Gasteiger partial charge in [0.1, 0.15) is 0 Å². The summed E-state index contributed by atoms with van der Waals surface area (Å²) in [6.07, 6.45) is 3.02. The van der Waals surface area contributed by atoms with Crippen LogP contribution in [0.1, 0.15) is 21.5 Å². The van der Waals surface area contributed by atoms with Crippen LogP contribution in [-0.4, -0.2) is 10.9 Å². The first kappa shape index (κ1) is 17.5. The number of hydrogen-bond acceptors (Lipinski definition) is 3. The lowest BCUT2D eigenvalue weighted by Gasteiger charge is -2.09. The molecule has 0 fully saturated rings. The van der Waals surface area contributed by atoms with Gasteiger partial charge in [0.25, 0.3) is 5.91 Å². The van der Waals surface area contributed by atoms with E-state index in [-0.39, 0.29) is 5.69 Å². The second-order valence-corrected chi connectivity index (χ2v) is 5.89. The summed E-state index contributed by atoms with van der Waals surface area (Å²) < 4.78 is 26.2.